The monoisotopic (exact) mass is 626 g/mol. The Morgan fingerprint density at radius 3 is 1.79 bits per heavy atom. The SMILES string of the molecule is CCOC(=O)C1C(=O)C=C(c2ccccc2)CC1c1ccccc1OCCOc1ccccc1C1CC(=O)C=C(c2ccccc2)C1. The molecule has 0 aromatic heterocycles. The fourth-order valence-corrected chi connectivity index (χ4v) is 6.67. The van der Waals surface area contributed by atoms with Gasteiger partial charge in [0, 0.05) is 12.3 Å². The van der Waals surface area contributed by atoms with Crippen molar-refractivity contribution in [3.05, 3.63) is 144 Å². The van der Waals surface area contributed by atoms with Crippen LogP contribution in [0.2, 0.25) is 0 Å². The van der Waals surface area contributed by atoms with Crippen LogP contribution in [0.1, 0.15) is 60.3 Å². The molecule has 0 amide bonds. The highest BCUT2D eigenvalue weighted by atomic mass is 16.5. The van der Waals surface area contributed by atoms with Crippen LogP contribution in [-0.4, -0.2) is 37.4 Å². The van der Waals surface area contributed by atoms with Crippen molar-refractivity contribution in [1.82, 2.24) is 0 Å². The summed E-state index contributed by atoms with van der Waals surface area (Å²) in [7, 11) is 0. The topological polar surface area (TPSA) is 78.9 Å². The van der Waals surface area contributed by atoms with Gasteiger partial charge in [-0.3, -0.25) is 14.4 Å². The second kappa shape index (κ2) is 14.9. The molecule has 0 fully saturated rings. The van der Waals surface area contributed by atoms with Crippen LogP contribution in [0.4, 0.5) is 0 Å². The summed E-state index contributed by atoms with van der Waals surface area (Å²) in [6.07, 6.45) is 5.03. The molecule has 238 valence electrons. The van der Waals surface area contributed by atoms with Crippen molar-refractivity contribution in [2.45, 2.75) is 38.0 Å². The van der Waals surface area contributed by atoms with E-state index in [1.165, 1.54) is 0 Å². The first-order valence-corrected chi connectivity index (χ1v) is 16.2. The van der Waals surface area contributed by atoms with E-state index in [-0.39, 0.29) is 37.3 Å². The van der Waals surface area contributed by atoms with Crippen LogP contribution in [0, 0.1) is 5.92 Å². The van der Waals surface area contributed by atoms with Crippen LogP contribution in [0.3, 0.4) is 0 Å². The highest BCUT2D eigenvalue weighted by Gasteiger charge is 2.41. The molecule has 47 heavy (non-hydrogen) atoms. The zero-order valence-corrected chi connectivity index (χ0v) is 26.5. The molecular weight excluding hydrogens is 588 g/mol. The molecule has 6 heteroatoms. The van der Waals surface area contributed by atoms with Crippen molar-refractivity contribution in [3.8, 4) is 11.5 Å². The number of benzene rings is 4. The summed E-state index contributed by atoms with van der Waals surface area (Å²) in [5.74, 6) is -0.736. The molecule has 2 aliphatic carbocycles. The average Bonchev–Trinajstić information content (AvgIpc) is 3.10. The Labute approximate surface area is 275 Å². The van der Waals surface area contributed by atoms with Crippen LogP contribution in [-0.2, 0) is 19.1 Å². The molecule has 3 unspecified atom stereocenters. The van der Waals surface area contributed by atoms with Crippen molar-refractivity contribution in [2.75, 3.05) is 19.8 Å². The highest BCUT2D eigenvalue weighted by molar-refractivity contribution is 6.10. The lowest BCUT2D eigenvalue weighted by molar-refractivity contribution is -0.151. The Bertz CT molecular complexity index is 1790. The smallest absolute Gasteiger partial charge is 0.317 e. The summed E-state index contributed by atoms with van der Waals surface area (Å²) in [6, 6.07) is 35.2. The predicted octanol–water partition coefficient (Wildman–Crippen LogP) is 7.99. The van der Waals surface area contributed by atoms with Crippen LogP contribution in [0.15, 0.2) is 121 Å². The van der Waals surface area contributed by atoms with E-state index >= 15 is 0 Å². The van der Waals surface area contributed by atoms with E-state index in [2.05, 4.69) is 0 Å². The van der Waals surface area contributed by atoms with Crippen LogP contribution < -0.4 is 9.47 Å². The summed E-state index contributed by atoms with van der Waals surface area (Å²) in [6.45, 7) is 2.45. The lowest BCUT2D eigenvalue weighted by atomic mass is 9.73. The zero-order valence-electron chi connectivity index (χ0n) is 26.5. The minimum Gasteiger partial charge on any atom is -0.490 e. The lowest BCUT2D eigenvalue weighted by Gasteiger charge is -2.30. The molecule has 0 heterocycles. The summed E-state index contributed by atoms with van der Waals surface area (Å²) in [5.41, 5.74) is 5.70. The molecule has 0 bridgehead atoms. The van der Waals surface area contributed by atoms with Gasteiger partial charge < -0.3 is 14.2 Å². The number of hydrogen-bond donors (Lipinski definition) is 0. The van der Waals surface area contributed by atoms with E-state index in [0.29, 0.717) is 18.6 Å². The number of ketones is 2. The van der Waals surface area contributed by atoms with Gasteiger partial charge in [-0.25, -0.2) is 0 Å². The van der Waals surface area contributed by atoms with Crippen molar-refractivity contribution in [2.24, 2.45) is 5.92 Å². The molecule has 0 aliphatic heterocycles. The molecule has 6 rings (SSSR count). The van der Waals surface area contributed by atoms with E-state index in [9.17, 15) is 14.4 Å². The lowest BCUT2D eigenvalue weighted by Crippen LogP contribution is -2.34. The van der Waals surface area contributed by atoms with Gasteiger partial charge >= 0.3 is 5.97 Å². The van der Waals surface area contributed by atoms with Crippen LogP contribution in [0.5, 0.6) is 11.5 Å². The molecular formula is C41H38O6. The van der Waals surface area contributed by atoms with Crippen molar-refractivity contribution < 1.29 is 28.6 Å². The number of rotatable bonds is 11. The van der Waals surface area contributed by atoms with Crippen molar-refractivity contribution in [1.29, 1.82) is 0 Å². The first-order valence-electron chi connectivity index (χ1n) is 16.2. The normalized spacial score (nSPS) is 19.4. The van der Waals surface area contributed by atoms with E-state index in [1.54, 1.807) is 19.1 Å². The maximum Gasteiger partial charge on any atom is 0.317 e. The molecule has 0 spiro atoms. The fraction of sp³-hybridized carbons (Fsp3) is 0.244. The summed E-state index contributed by atoms with van der Waals surface area (Å²) < 4.78 is 17.9. The Balaban J connectivity index is 1.17. The molecule has 2 aliphatic rings. The molecule has 0 saturated heterocycles. The van der Waals surface area contributed by atoms with E-state index in [0.717, 1.165) is 45.6 Å². The fourth-order valence-electron chi connectivity index (χ4n) is 6.67. The zero-order chi connectivity index (χ0) is 32.6. The number of carbonyl (C=O) groups excluding carboxylic acids is 3. The largest absolute Gasteiger partial charge is 0.490 e. The Hall–Kier alpha value is -5.23. The second-order valence-electron chi connectivity index (χ2n) is 11.9. The first-order chi connectivity index (χ1) is 23.0. The summed E-state index contributed by atoms with van der Waals surface area (Å²) in [4.78, 5) is 39.3. The third kappa shape index (κ3) is 7.44. The molecule has 3 atom stereocenters. The molecule has 4 aromatic carbocycles. The van der Waals surface area contributed by atoms with Gasteiger partial charge in [0.15, 0.2) is 11.6 Å². The number of hydrogen-bond acceptors (Lipinski definition) is 6. The number of carbonyl (C=O) groups is 3. The van der Waals surface area contributed by atoms with E-state index in [4.69, 9.17) is 14.2 Å². The number of para-hydroxylation sites is 2. The quantitative estimate of drug-likeness (QED) is 0.0954. The number of esters is 1. The van der Waals surface area contributed by atoms with Crippen LogP contribution in [0.25, 0.3) is 11.1 Å². The molecule has 4 aromatic rings. The van der Waals surface area contributed by atoms with Crippen LogP contribution >= 0.6 is 0 Å². The van der Waals surface area contributed by atoms with Gasteiger partial charge in [-0.15, -0.1) is 0 Å². The minimum absolute atomic E-state index is 0.0102. The molecule has 0 radical (unpaired) electrons. The van der Waals surface area contributed by atoms with Gasteiger partial charge in [0.05, 0.1) is 6.61 Å². The van der Waals surface area contributed by atoms with Gasteiger partial charge in [-0.2, -0.15) is 0 Å². The average molecular weight is 627 g/mol. The first kappa shape index (κ1) is 31.7. The molecule has 0 saturated carbocycles. The van der Waals surface area contributed by atoms with Gasteiger partial charge in [0.25, 0.3) is 0 Å². The second-order valence-corrected chi connectivity index (χ2v) is 11.9. The standard InChI is InChI=1S/C41H38O6/c1-2-45-41(44)40-36(26-31(27-37(40)43)29-15-7-4-8-16-29)35-18-10-12-20-39(35)47-22-21-46-38-19-11-9-17-34(38)32-23-30(24-33(42)25-32)28-13-5-3-6-14-28/h3-20,24,27,32,36,40H,2,21-23,25-26H2,1H3. The maximum atomic E-state index is 13.4. The summed E-state index contributed by atoms with van der Waals surface area (Å²) in [5, 5.41) is 0. The third-order valence-corrected chi connectivity index (χ3v) is 8.82. The Kier molecular flexibility index (Phi) is 10.1. The predicted molar refractivity (Wildman–Crippen MR) is 182 cm³/mol. The van der Waals surface area contributed by atoms with Gasteiger partial charge in [0.2, 0.25) is 0 Å². The van der Waals surface area contributed by atoms with E-state index in [1.807, 2.05) is 109 Å². The van der Waals surface area contributed by atoms with Crippen molar-refractivity contribution >= 4 is 28.7 Å². The Morgan fingerprint density at radius 1 is 0.638 bits per heavy atom. The van der Waals surface area contributed by atoms with E-state index < -0.39 is 17.8 Å². The highest BCUT2D eigenvalue weighted by Crippen LogP contribution is 2.44. The molecule has 6 nitrogen and oxygen atoms in total. The van der Waals surface area contributed by atoms with Gasteiger partial charge in [-0.1, -0.05) is 97.1 Å². The van der Waals surface area contributed by atoms with Gasteiger partial charge in [0.1, 0.15) is 30.6 Å². The Morgan fingerprint density at radius 2 is 1.17 bits per heavy atom. The van der Waals surface area contributed by atoms with Crippen molar-refractivity contribution in [3.63, 3.8) is 0 Å². The minimum atomic E-state index is -0.955. The maximum absolute atomic E-state index is 13.4. The third-order valence-electron chi connectivity index (χ3n) is 8.82. The number of ether oxygens (including phenoxy) is 3. The van der Waals surface area contributed by atoms with Gasteiger partial charge in [-0.05, 0) is 83.4 Å². The number of allylic oxidation sites excluding steroid dienone is 4. The summed E-state index contributed by atoms with van der Waals surface area (Å²) >= 11 is 0. The molecule has 0 N–H and O–H groups in total.